The molecule has 0 radical (unpaired) electrons. The van der Waals surface area contributed by atoms with Crippen molar-refractivity contribution in [3.05, 3.63) is 124 Å². The van der Waals surface area contributed by atoms with Crippen molar-refractivity contribution in [1.29, 1.82) is 0 Å². The number of hydrogen-bond donors (Lipinski definition) is 3. The minimum absolute atomic E-state index is 0.0268. The third kappa shape index (κ3) is 8.14. The summed E-state index contributed by atoms with van der Waals surface area (Å²) in [6.45, 7) is 2.28. The quantitative estimate of drug-likeness (QED) is 0.252. The number of aliphatic hydroxyl groups excluding tert-OH is 1. The molecule has 40 heavy (non-hydrogen) atoms. The molecule has 7 nitrogen and oxygen atoms in total. The monoisotopic (exact) mass is 546 g/mol. The van der Waals surface area contributed by atoms with E-state index in [4.69, 9.17) is 0 Å². The van der Waals surface area contributed by atoms with Crippen molar-refractivity contribution in [3.8, 4) is 11.3 Å². The highest BCUT2D eigenvalue weighted by Crippen LogP contribution is 2.15. The lowest BCUT2D eigenvalue weighted by Gasteiger charge is -2.25. The lowest BCUT2D eigenvalue weighted by molar-refractivity contribution is -0.123. The van der Waals surface area contributed by atoms with Crippen molar-refractivity contribution >= 4 is 5.91 Å². The SMILES string of the molecule is CCc1cccc(CNC[C@@H](O)[C@H](Cc2cc(F)cc(F)c2)NC(=O)Cn2nc(-c3ccccc3)ccc2=O)c1. The molecule has 0 aliphatic carbocycles. The van der Waals surface area contributed by atoms with E-state index in [-0.39, 0.29) is 18.5 Å². The van der Waals surface area contributed by atoms with E-state index in [0.717, 1.165) is 40.4 Å². The van der Waals surface area contributed by atoms with Gasteiger partial charge < -0.3 is 15.7 Å². The van der Waals surface area contributed by atoms with Crippen molar-refractivity contribution < 1.29 is 18.7 Å². The Morgan fingerprint density at radius 2 is 1.65 bits per heavy atom. The van der Waals surface area contributed by atoms with Crippen LogP contribution in [-0.4, -0.2) is 39.5 Å². The van der Waals surface area contributed by atoms with Crippen LogP contribution in [0.5, 0.6) is 0 Å². The molecule has 0 aliphatic rings. The van der Waals surface area contributed by atoms with Crippen molar-refractivity contribution in [1.82, 2.24) is 20.4 Å². The standard InChI is InChI=1S/C31H32F2N4O3/c1-2-21-7-6-8-22(13-21)18-34-19-29(38)28(16-23-14-25(32)17-26(33)15-23)35-30(39)20-37-31(40)12-11-27(36-37)24-9-4-3-5-10-24/h3-15,17,28-29,34,38H,2,16,18-20H2,1H3,(H,35,39)/t28-,29+/m0/s1. The molecule has 0 bridgehead atoms. The molecule has 2 atom stereocenters. The van der Waals surface area contributed by atoms with Gasteiger partial charge in [-0.2, -0.15) is 5.10 Å². The molecule has 1 amide bonds. The summed E-state index contributed by atoms with van der Waals surface area (Å²) in [5, 5.41) is 21.2. The summed E-state index contributed by atoms with van der Waals surface area (Å²) in [6, 6.07) is 22.4. The van der Waals surface area contributed by atoms with Crippen LogP contribution in [0, 0.1) is 11.6 Å². The van der Waals surface area contributed by atoms with E-state index in [2.05, 4.69) is 28.7 Å². The Labute approximate surface area is 231 Å². The molecule has 0 saturated heterocycles. The minimum Gasteiger partial charge on any atom is -0.390 e. The zero-order chi connectivity index (χ0) is 28.5. The number of carbonyl (C=O) groups excluding carboxylic acids is 1. The number of nitrogens with one attached hydrogen (secondary N) is 2. The van der Waals surface area contributed by atoms with E-state index in [1.807, 2.05) is 48.5 Å². The Hall–Kier alpha value is -4.21. The van der Waals surface area contributed by atoms with Gasteiger partial charge in [-0.1, -0.05) is 61.5 Å². The van der Waals surface area contributed by atoms with Crippen LogP contribution in [0.25, 0.3) is 11.3 Å². The largest absolute Gasteiger partial charge is 0.390 e. The van der Waals surface area contributed by atoms with E-state index in [0.29, 0.717) is 12.2 Å². The van der Waals surface area contributed by atoms with Crippen LogP contribution in [0.15, 0.2) is 89.7 Å². The molecule has 1 aromatic heterocycles. The molecule has 4 aromatic rings. The fourth-order valence-corrected chi connectivity index (χ4v) is 4.45. The zero-order valence-electron chi connectivity index (χ0n) is 22.2. The molecule has 208 valence electrons. The molecule has 3 N–H and O–H groups in total. The van der Waals surface area contributed by atoms with Gasteiger partial charge in [0.15, 0.2) is 0 Å². The van der Waals surface area contributed by atoms with Crippen LogP contribution in [0.4, 0.5) is 8.78 Å². The molecular formula is C31H32F2N4O3. The lowest BCUT2D eigenvalue weighted by Crippen LogP contribution is -2.50. The molecule has 0 fully saturated rings. The molecular weight excluding hydrogens is 514 g/mol. The number of carbonyl (C=O) groups is 1. The first kappa shape index (κ1) is 28.8. The first-order valence-corrected chi connectivity index (χ1v) is 13.1. The molecule has 1 heterocycles. The fourth-order valence-electron chi connectivity index (χ4n) is 4.45. The smallest absolute Gasteiger partial charge is 0.267 e. The number of aliphatic hydroxyl groups is 1. The number of amides is 1. The number of halogens is 2. The predicted octanol–water partition coefficient (Wildman–Crippen LogP) is 3.63. The Morgan fingerprint density at radius 1 is 0.925 bits per heavy atom. The van der Waals surface area contributed by atoms with E-state index in [1.165, 1.54) is 11.6 Å². The van der Waals surface area contributed by atoms with Crippen LogP contribution in [-0.2, 0) is 30.7 Å². The second-order valence-corrected chi connectivity index (χ2v) is 9.61. The van der Waals surface area contributed by atoms with E-state index >= 15 is 0 Å². The predicted molar refractivity (Wildman–Crippen MR) is 149 cm³/mol. The van der Waals surface area contributed by atoms with Gasteiger partial charge in [0.05, 0.1) is 17.8 Å². The summed E-state index contributed by atoms with van der Waals surface area (Å²) < 4.78 is 28.8. The average Bonchev–Trinajstić information content (AvgIpc) is 2.94. The van der Waals surface area contributed by atoms with Crippen LogP contribution >= 0.6 is 0 Å². The topological polar surface area (TPSA) is 96.2 Å². The van der Waals surface area contributed by atoms with Crippen LogP contribution in [0.2, 0.25) is 0 Å². The molecule has 0 aliphatic heterocycles. The fraction of sp³-hybridized carbons (Fsp3) is 0.258. The summed E-state index contributed by atoms with van der Waals surface area (Å²) in [4.78, 5) is 25.5. The summed E-state index contributed by atoms with van der Waals surface area (Å²) in [5.41, 5.74) is 3.36. The highest BCUT2D eigenvalue weighted by Gasteiger charge is 2.23. The van der Waals surface area contributed by atoms with Crippen molar-refractivity contribution in [3.63, 3.8) is 0 Å². The number of aryl methyl sites for hydroxylation is 1. The highest BCUT2D eigenvalue weighted by molar-refractivity contribution is 5.76. The van der Waals surface area contributed by atoms with Gasteiger partial charge >= 0.3 is 0 Å². The molecule has 0 saturated carbocycles. The maximum Gasteiger partial charge on any atom is 0.267 e. The number of nitrogens with zero attached hydrogens (tertiary/aromatic N) is 2. The normalized spacial score (nSPS) is 12.6. The Bertz CT molecular complexity index is 1470. The van der Waals surface area contributed by atoms with Crippen molar-refractivity contribution in [2.75, 3.05) is 6.54 Å². The summed E-state index contributed by atoms with van der Waals surface area (Å²) in [6.07, 6.45) is -0.216. The molecule has 0 unspecified atom stereocenters. The zero-order valence-corrected chi connectivity index (χ0v) is 22.2. The Morgan fingerprint density at radius 3 is 2.38 bits per heavy atom. The van der Waals surface area contributed by atoms with E-state index < -0.39 is 41.8 Å². The molecule has 4 rings (SSSR count). The van der Waals surface area contributed by atoms with Crippen LogP contribution in [0.1, 0.15) is 23.6 Å². The van der Waals surface area contributed by atoms with Gasteiger partial charge in [0.25, 0.3) is 5.56 Å². The van der Waals surface area contributed by atoms with Gasteiger partial charge in [-0.05, 0) is 47.7 Å². The van der Waals surface area contributed by atoms with Gasteiger partial charge in [0.2, 0.25) is 5.91 Å². The maximum absolute atomic E-state index is 13.9. The number of benzene rings is 3. The van der Waals surface area contributed by atoms with Crippen molar-refractivity contribution in [2.24, 2.45) is 0 Å². The Balaban J connectivity index is 1.47. The molecule has 0 spiro atoms. The second-order valence-electron chi connectivity index (χ2n) is 9.61. The first-order chi connectivity index (χ1) is 19.3. The number of hydrogen-bond acceptors (Lipinski definition) is 5. The van der Waals surface area contributed by atoms with Gasteiger partial charge in [-0.3, -0.25) is 9.59 Å². The van der Waals surface area contributed by atoms with Crippen LogP contribution < -0.4 is 16.2 Å². The Kier molecular flexibility index (Phi) is 9.88. The van der Waals surface area contributed by atoms with Gasteiger partial charge in [0.1, 0.15) is 18.2 Å². The van der Waals surface area contributed by atoms with Crippen molar-refractivity contribution in [2.45, 2.75) is 45.0 Å². The highest BCUT2D eigenvalue weighted by atomic mass is 19.1. The second kappa shape index (κ2) is 13.7. The number of rotatable bonds is 12. The van der Waals surface area contributed by atoms with E-state index in [1.54, 1.807) is 6.07 Å². The molecule has 9 heteroatoms. The molecule has 3 aromatic carbocycles. The maximum atomic E-state index is 13.9. The van der Waals surface area contributed by atoms with Crippen LogP contribution in [0.3, 0.4) is 0 Å². The summed E-state index contributed by atoms with van der Waals surface area (Å²) >= 11 is 0. The third-order valence-corrected chi connectivity index (χ3v) is 6.50. The minimum atomic E-state index is -1.09. The summed E-state index contributed by atoms with van der Waals surface area (Å²) in [5.74, 6) is -2.08. The summed E-state index contributed by atoms with van der Waals surface area (Å²) in [7, 11) is 0. The first-order valence-electron chi connectivity index (χ1n) is 13.1. The number of aromatic nitrogens is 2. The van der Waals surface area contributed by atoms with E-state index in [9.17, 15) is 23.5 Å². The van der Waals surface area contributed by atoms with Gasteiger partial charge in [-0.15, -0.1) is 0 Å². The third-order valence-electron chi connectivity index (χ3n) is 6.50. The van der Waals surface area contributed by atoms with Gasteiger partial charge in [-0.25, -0.2) is 13.5 Å². The van der Waals surface area contributed by atoms with Gasteiger partial charge in [0, 0.05) is 30.8 Å². The average molecular weight is 547 g/mol. The lowest BCUT2D eigenvalue weighted by atomic mass is 10.0.